The Bertz CT molecular complexity index is 1120. The van der Waals surface area contributed by atoms with Crippen LogP contribution in [0.25, 0.3) is 0 Å². The van der Waals surface area contributed by atoms with E-state index in [1.807, 2.05) is 18.2 Å². The lowest BCUT2D eigenvalue weighted by Crippen LogP contribution is -2.47. The number of carbonyl (C=O) groups is 2. The zero-order valence-corrected chi connectivity index (χ0v) is 21.8. The normalized spacial score (nSPS) is 41.2. The number of benzene rings is 1. The maximum absolute atomic E-state index is 14.4. The van der Waals surface area contributed by atoms with Crippen molar-refractivity contribution in [1.82, 2.24) is 0 Å². The van der Waals surface area contributed by atoms with Gasteiger partial charge in [0.25, 0.3) is 0 Å². The van der Waals surface area contributed by atoms with E-state index in [0.29, 0.717) is 17.6 Å². The summed E-state index contributed by atoms with van der Waals surface area (Å²) in [7, 11) is 0. The molecule has 4 heteroatoms. The van der Waals surface area contributed by atoms with Gasteiger partial charge in [0.2, 0.25) is 0 Å². The number of esters is 1. The molecule has 1 aromatic carbocycles. The van der Waals surface area contributed by atoms with Crippen LogP contribution >= 0.6 is 0 Å². The lowest BCUT2D eigenvalue weighted by Gasteiger charge is -2.40. The Kier molecular flexibility index (Phi) is 5.15. The van der Waals surface area contributed by atoms with Gasteiger partial charge in [-0.1, -0.05) is 56.7 Å². The molecular formula is C31H39NO3. The minimum Gasteiger partial charge on any atom is -0.456 e. The number of hydrogen-bond acceptors (Lipinski definition) is 4. The third-order valence-corrected chi connectivity index (χ3v) is 10.4. The fourth-order valence-electron chi connectivity index (χ4n) is 8.61. The monoisotopic (exact) mass is 473 g/mol. The van der Waals surface area contributed by atoms with Crippen molar-refractivity contribution < 1.29 is 14.3 Å². The van der Waals surface area contributed by atoms with Gasteiger partial charge in [-0.05, 0) is 80.4 Å². The fourth-order valence-corrected chi connectivity index (χ4v) is 8.61. The molecule has 4 aliphatic carbocycles. The molecule has 5 aliphatic rings. The summed E-state index contributed by atoms with van der Waals surface area (Å²) in [5.41, 5.74) is 3.14. The number of rotatable bonds is 3. The molecule has 186 valence electrons. The molecule has 1 spiro atoms. The van der Waals surface area contributed by atoms with Gasteiger partial charge >= 0.3 is 5.97 Å². The summed E-state index contributed by atoms with van der Waals surface area (Å²) in [6.07, 6.45) is 7.90. The predicted octanol–water partition coefficient (Wildman–Crippen LogP) is 5.98. The lowest BCUT2D eigenvalue weighted by atomic mass is 9.62. The second-order valence-corrected chi connectivity index (χ2v) is 12.7. The van der Waals surface area contributed by atoms with E-state index in [0.717, 1.165) is 43.5 Å². The maximum Gasteiger partial charge on any atom is 0.329 e. The number of fused-ring (bicyclic) bond motifs is 3. The number of nitrogens with zero attached hydrogens (tertiary/aromatic N) is 1. The standard InChI is InChI=1S/C31H39NO3/c1-18-14-22-26-23(30(26,4)5)16-20(3)31(28(22)33)17-19(2)27(24(31)15-18)35-29(34)25-12-9-13-32(25)21-10-7-6-8-11-21/h6-8,10-11,14,17,20,22-27H,9,12-13,15-16H2,1-5H3/t20-,22+,23-,24-,25+,26+,27+,31-/m1/s1. The van der Waals surface area contributed by atoms with E-state index in [9.17, 15) is 9.59 Å². The van der Waals surface area contributed by atoms with Crippen LogP contribution in [0.4, 0.5) is 5.69 Å². The van der Waals surface area contributed by atoms with Crippen molar-refractivity contribution in [2.75, 3.05) is 11.4 Å². The molecule has 1 aliphatic heterocycles. The van der Waals surface area contributed by atoms with Gasteiger partial charge in [-0.3, -0.25) is 4.79 Å². The number of allylic oxidation sites excluding steroid dienone is 3. The number of para-hydroxylation sites is 1. The average Bonchev–Trinajstić information content (AvgIpc) is 3.14. The van der Waals surface area contributed by atoms with E-state index in [1.165, 1.54) is 5.57 Å². The summed E-state index contributed by atoms with van der Waals surface area (Å²) in [6.45, 7) is 12.1. The summed E-state index contributed by atoms with van der Waals surface area (Å²) in [6, 6.07) is 9.92. The van der Waals surface area contributed by atoms with Crippen molar-refractivity contribution in [2.24, 2.45) is 40.4 Å². The van der Waals surface area contributed by atoms with Crippen LogP contribution in [0.1, 0.15) is 60.3 Å². The maximum atomic E-state index is 14.4. The van der Waals surface area contributed by atoms with Crippen LogP contribution < -0.4 is 4.90 Å². The molecule has 0 amide bonds. The van der Waals surface area contributed by atoms with Crippen LogP contribution in [0.15, 0.2) is 53.6 Å². The molecule has 8 atom stereocenters. The van der Waals surface area contributed by atoms with Gasteiger partial charge in [0, 0.05) is 24.1 Å². The number of hydrogen-bond donors (Lipinski definition) is 0. The van der Waals surface area contributed by atoms with Crippen molar-refractivity contribution in [3.63, 3.8) is 0 Å². The Morgan fingerprint density at radius 2 is 1.86 bits per heavy atom. The van der Waals surface area contributed by atoms with Crippen LogP contribution in [0, 0.1) is 40.4 Å². The Hall–Kier alpha value is -2.36. The van der Waals surface area contributed by atoms with E-state index >= 15 is 0 Å². The number of ether oxygens (including phenoxy) is 1. The first-order valence-corrected chi connectivity index (χ1v) is 13.6. The van der Waals surface area contributed by atoms with Gasteiger partial charge in [-0.25, -0.2) is 4.79 Å². The van der Waals surface area contributed by atoms with Crippen molar-refractivity contribution in [2.45, 2.75) is 72.4 Å². The average molecular weight is 474 g/mol. The van der Waals surface area contributed by atoms with E-state index in [2.05, 4.69) is 63.8 Å². The van der Waals surface area contributed by atoms with Gasteiger partial charge < -0.3 is 9.64 Å². The highest BCUT2D eigenvalue weighted by Gasteiger charge is 2.70. The topological polar surface area (TPSA) is 46.6 Å². The summed E-state index contributed by atoms with van der Waals surface area (Å²) < 4.78 is 6.41. The first kappa shape index (κ1) is 23.1. The minimum atomic E-state index is -0.522. The van der Waals surface area contributed by atoms with Gasteiger partial charge in [-0.2, -0.15) is 0 Å². The number of Topliss-reactive ketones (excluding diaryl/α,β-unsaturated/α-hetero) is 1. The molecule has 0 radical (unpaired) electrons. The second-order valence-electron chi connectivity index (χ2n) is 12.7. The molecule has 6 rings (SSSR count). The Labute approximate surface area is 209 Å². The number of carbonyl (C=O) groups excluding carboxylic acids is 2. The van der Waals surface area contributed by atoms with E-state index < -0.39 is 5.41 Å². The number of ketones is 1. The van der Waals surface area contributed by atoms with Crippen LogP contribution in [0.3, 0.4) is 0 Å². The van der Waals surface area contributed by atoms with Crippen LogP contribution in [-0.4, -0.2) is 30.4 Å². The molecule has 0 aromatic heterocycles. The lowest BCUT2D eigenvalue weighted by molar-refractivity contribution is -0.155. The van der Waals surface area contributed by atoms with Crippen molar-refractivity contribution in [1.29, 1.82) is 0 Å². The van der Waals surface area contributed by atoms with Crippen LogP contribution in [-0.2, 0) is 14.3 Å². The summed E-state index contributed by atoms with van der Waals surface area (Å²) in [4.78, 5) is 30.2. The molecule has 35 heavy (non-hydrogen) atoms. The van der Waals surface area contributed by atoms with Crippen molar-refractivity contribution >= 4 is 17.4 Å². The van der Waals surface area contributed by atoms with Gasteiger partial charge in [-0.15, -0.1) is 0 Å². The third kappa shape index (κ3) is 3.24. The largest absolute Gasteiger partial charge is 0.456 e. The molecular weight excluding hydrogens is 434 g/mol. The van der Waals surface area contributed by atoms with Gasteiger partial charge in [0.15, 0.2) is 5.78 Å². The minimum absolute atomic E-state index is 0.00221. The molecule has 2 bridgehead atoms. The summed E-state index contributed by atoms with van der Waals surface area (Å²) in [5, 5.41) is 0. The molecule has 1 aromatic rings. The second kappa shape index (κ2) is 7.82. The SMILES string of the molecule is CC1=C[C@@H]2C(=O)[C@]3(C=C(C)[C@H](OC(=O)[C@@H]4CCCN4c4ccccc4)[C@H]3C1)[C@H](C)C[C@@H]1[C@H]2C1(C)C. The Morgan fingerprint density at radius 3 is 2.60 bits per heavy atom. The van der Waals surface area contributed by atoms with E-state index in [-0.39, 0.29) is 41.3 Å². The van der Waals surface area contributed by atoms with E-state index in [4.69, 9.17) is 4.74 Å². The third-order valence-electron chi connectivity index (χ3n) is 10.4. The fraction of sp³-hybridized carbons (Fsp3) is 0.613. The predicted molar refractivity (Wildman–Crippen MR) is 138 cm³/mol. The van der Waals surface area contributed by atoms with E-state index in [1.54, 1.807) is 0 Å². The highest BCUT2D eigenvalue weighted by Crippen LogP contribution is 2.71. The molecule has 4 nitrogen and oxygen atoms in total. The zero-order valence-electron chi connectivity index (χ0n) is 21.8. The smallest absolute Gasteiger partial charge is 0.329 e. The summed E-state index contributed by atoms with van der Waals surface area (Å²) >= 11 is 0. The Balaban J connectivity index is 1.31. The molecule has 0 N–H and O–H groups in total. The van der Waals surface area contributed by atoms with Gasteiger partial charge in [0.05, 0.1) is 5.41 Å². The molecule has 0 unspecified atom stereocenters. The van der Waals surface area contributed by atoms with Gasteiger partial charge in [0.1, 0.15) is 12.1 Å². The molecule has 1 saturated heterocycles. The molecule has 1 heterocycles. The first-order valence-electron chi connectivity index (χ1n) is 13.6. The first-order chi connectivity index (χ1) is 16.7. The quantitative estimate of drug-likeness (QED) is 0.400. The van der Waals surface area contributed by atoms with Crippen molar-refractivity contribution in [3.8, 4) is 0 Å². The van der Waals surface area contributed by atoms with Crippen molar-refractivity contribution in [3.05, 3.63) is 53.6 Å². The Morgan fingerprint density at radius 1 is 1.11 bits per heavy atom. The zero-order chi connectivity index (χ0) is 24.7. The number of anilines is 1. The van der Waals surface area contributed by atoms with Crippen LogP contribution in [0.2, 0.25) is 0 Å². The van der Waals surface area contributed by atoms with Crippen LogP contribution in [0.5, 0.6) is 0 Å². The summed E-state index contributed by atoms with van der Waals surface area (Å²) in [5.74, 6) is 1.54. The molecule has 3 fully saturated rings. The highest BCUT2D eigenvalue weighted by molar-refractivity contribution is 5.94. The highest BCUT2D eigenvalue weighted by atomic mass is 16.5. The molecule has 2 saturated carbocycles.